The van der Waals surface area contributed by atoms with Gasteiger partial charge in [-0.05, 0) is 54.4 Å². The zero-order valence-corrected chi connectivity index (χ0v) is 9.12. The monoisotopic (exact) mass is 184 g/mol. The van der Waals surface area contributed by atoms with Crippen molar-refractivity contribution in [1.82, 2.24) is 0 Å². The van der Waals surface area contributed by atoms with Crippen molar-refractivity contribution in [2.75, 3.05) is 11.5 Å². The first kappa shape index (κ1) is 8.93. The SMILES string of the molecule is CC(C)C1CC2(CCCSC2)C1. The molecule has 0 aromatic carbocycles. The molecule has 2 rings (SSSR count). The minimum Gasteiger partial charge on any atom is -0.161 e. The van der Waals surface area contributed by atoms with Gasteiger partial charge in [-0.1, -0.05) is 13.8 Å². The number of rotatable bonds is 1. The number of thioether (sulfide) groups is 1. The van der Waals surface area contributed by atoms with E-state index < -0.39 is 0 Å². The van der Waals surface area contributed by atoms with Gasteiger partial charge in [-0.25, -0.2) is 0 Å². The van der Waals surface area contributed by atoms with Crippen molar-refractivity contribution in [3.63, 3.8) is 0 Å². The predicted molar refractivity (Wildman–Crippen MR) is 56.6 cm³/mol. The summed E-state index contributed by atoms with van der Waals surface area (Å²) in [5.41, 5.74) is 0.817. The zero-order chi connectivity index (χ0) is 8.60. The van der Waals surface area contributed by atoms with E-state index in [-0.39, 0.29) is 0 Å². The standard InChI is InChI=1S/C11H20S/c1-9(2)10-6-11(7-10)4-3-5-12-8-11/h9-10H,3-8H2,1-2H3. The topological polar surface area (TPSA) is 0 Å². The molecule has 12 heavy (non-hydrogen) atoms. The van der Waals surface area contributed by atoms with E-state index in [0.717, 1.165) is 17.3 Å². The van der Waals surface area contributed by atoms with E-state index in [4.69, 9.17) is 0 Å². The molecule has 0 radical (unpaired) electrons. The van der Waals surface area contributed by atoms with E-state index in [2.05, 4.69) is 25.6 Å². The molecule has 1 aliphatic heterocycles. The van der Waals surface area contributed by atoms with Gasteiger partial charge in [-0.15, -0.1) is 0 Å². The molecule has 0 aromatic rings. The summed E-state index contributed by atoms with van der Waals surface area (Å²) in [5, 5.41) is 0. The van der Waals surface area contributed by atoms with E-state index >= 15 is 0 Å². The molecule has 0 nitrogen and oxygen atoms in total. The normalized spacial score (nSPS) is 41.8. The smallest absolute Gasteiger partial charge is 0.00106 e. The van der Waals surface area contributed by atoms with Crippen molar-refractivity contribution in [1.29, 1.82) is 0 Å². The van der Waals surface area contributed by atoms with E-state index in [1.54, 1.807) is 0 Å². The van der Waals surface area contributed by atoms with E-state index in [9.17, 15) is 0 Å². The highest BCUT2D eigenvalue weighted by Crippen LogP contribution is 2.55. The summed E-state index contributed by atoms with van der Waals surface area (Å²) in [6.07, 6.45) is 6.09. The second kappa shape index (κ2) is 3.25. The van der Waals surface area contributed by atoms with Gasteiger partial charge in [0.05, 0.1) is 0 Å². The fraction of sp³-hybridized carbons (Fsp3) is 1.00. The maximum absolute atomic E-state index is 2.38. The molecule has 0 aromatic heterocycles. The zero-order valence-electron chi connectivity index (χ0n) is 8.31. The largest absolute Gasteiger partial charge is 0.161 e. The lowest BCUT2D eigenvalue weighted by molar-refractivity contribution is 0.0368. The van der Waals surface area contributed by atoms with Crippen LogP contribution in [-0.2, 0) is 0 Å². The van der Waals surface area contributed by atoms with Crippen LogP contribution in [0, 0.1) is 17.3 Å². The van der Waals surface area contributed by atoms with Crippen molar-refractivity contribution in [2.24, 2.45) is 17.3 Å². The van der Waals surface area contributed by atoms with Crippen molar-refractivity contribution in [3.05, 3.63) is 0 Å². The molecular weight excluding hydrogens is 164 g/mol. The molecule has 0 N–H and O–H groups in total. The highest BCUT2D eigenvalue weighted by molar-refractivity contribution is 7.99. The molecule has 2 fully saturated rings. The van der Waals surface area contributed by atoms with Crippen molar-refractivity contribution >= 4 is 11.8 Å². The van der Waals surface area contributed by atoms with Crippen molar-refractivity contribution in [2.45, 2.75) is 39.5 Å². The van der Waals surface area contributed by atoms with Crippen LogP contribution in [0.5, 0.6) is 0 Å². The third-order valence-electron chi connectivity index (χ3n) is 3.74. The van der Waals surface area contributed by atoms with E-state index in [1.807, 2.05) is 0 Å². The van der Waals surface area contributed by atoms with Gasteiger partial charge >= 0.3 is 0 Å². The van der Waals surface area contributed by atoms with Gasteiger partial charge in [0.15, 0.2) is 0 Å². The molecule has 1 aliphatic carbocycles. The third-order valence-corrected chi connectivity index (χ3v) is 5.13. The van der Waals surface area contributed by atoms with Gasteiger partial charge in [0.2, 0.25) is 0 Å². The molecule has 1 heteroatoms. The fourth-order valence-electron chi connectivity index (χ4n) is 2.76. The van der Waals surface area contributed by atoms with Crippen LogP contribution >= 0.6 is 11.8 Å². The maximum Gasteiger partial charge on any atom is -0.00106 e. The molecule has 0 unspecified atom stereocenters. The number of hydrogen-bond donors (Lipinski definition) is 0. The summed E-state index contributed by atoms with van der Waals surface area (Å²) in [7, 11) is 0. The van der Waals surface area contributed by atoms with Crippen LogP contribution in [0.25, 0.3) is 0 Å². The number of hydrogen-bond acceptors (Lipinski definition) is 1. The van der Waals surface area contributed by atoms with Crippen LogP contribution in [0.15, 0.2) is 0 Å². The Balaban J connectivity index is 1.84. The first-order valence-electron chi connectivity index (χ1n) is 5.30. The quantitative estimate of drug-likeness (QED) is 0.600. The van der Waals surface area contributed by atoms with Gasteiger partial charge < -0.3 is 0 Å². The molecule has 0 amide bonds. The van der Waals surface area contributed by atoms with Crippen LogP contribution in [-0.4, -0.2) is 11.5 Å². The highest BCUT2D eigenvalue weighted by Gasteiger charge is 2.45. The molecule has 2 aliphatic rings. The van der Waals surface area contributed by atoms with Crippen LogP contribution < -0.4 is 0 Å². The van der Waals surface area contributed by atoms with Crippen molar-refractivity contribution in [3.8, 4) is 0 Å². The van der Waals surface area contributed by atoms with Gasteiger partial charge in [0, 0.05) is 0 Å². The average molecular weight is 184 g/mol. The fourth-order valence-corrected chi connectivity index (χ4v) is 4.06. The van der Waals surface area contributed by atoms with Gasteiger partial charge in [0.1, 0.15) is 0 Å². The molecular formula is C11H20S. The Morgan fingerprint density at radius 3 is 2.58 bits per heavy atom. The highest BCUT2D eigenvalue weighted by atomic mass is 32.2. The molecule has 1 saturated carbocycles. The summed E-state index contributed by atoms with van der Waals surface area (Å²) in [5.74, 6) is 4.89. The predicted octanol–water partition coefficient (Wildman–Crippen LogP) is 3.57. The molecule has 0 atom stereocenters. The maximum atomic E-state index is 2.38. The molecule has 1 saturated heterocycles. The lowest BCUT2D eigenvalue weighted by Gasteiger charge is -2.51. The summed E-state index contributed by atoms with van der Waals surface area (Å²) in [6.45, 7) is 4.76. The average Bonchev–Trinajstić information content (AvgIpc) is 2.01. The lowest BCUT2D eigenvalue weighted by atomic mass is 9.58. The second-order valence-corrected chi connectivity index (χ2v) is 6.17. The van der Waals surface area contributed by atoms with Crippen molar-refractivity contribution < 1.29 is 0 Å². The van der Waals surface area contributed by atoms with Crippen LogP contribution in [0.3, 0.4) is 0 Å². The molecule has 70 valence electrons. The minimum atomic E-state index is 0.817. The van der Waals surface area contributed by atoms with Crippen LogP contribution in [0.4, 0.5) is 0 Å². The Labute approximate surface area is 80.5 Å². The first-order valence-corrected chi connectivity index (χ1v) is 6.45. The van der Waals surface area contributed by atoms with E-state index in [0.29, 0.717) is 0 Å². The molecule has 0 bridgehead atoms. The minimum absolute atomic E-state index is 0.817. The van der Waals surface area contributed by atoms with Crippen LogP contribution in [0.1, 0.15) is 39.5 Å². The summed E-state index contributed by atoms with van der Waals surface area (Å²) in [6, 6.07) is 0. The Bertz CT molecular complexity index is 148. The molecule has 1 heterocycles. The Morgan fingerprint density at radius 2 is 2.08 bits per heavy atom. The summed E-state index contributed by atoms with van der Waals surface area (Å²) in [4.78, 5) is 0. The Hall–Kier alpha value is 0.350. The second-order valence-electron chi connectivity index (χ2n) is 5.07. The summed E-state index contributed by atoms with van der Waals surface area (Å²) < 4.78 is 0. The molecule has 1 spiro atoms. The van der Waals surface area contributed by atoms with Gasteiger partial charge in [0.25, 0.3) is 0 Å². The first-order chi connectivity index (χ1) is 5.72. The van der Waals surface area contributed by atoms with E-state index in [1.165, 1.54) is 37.2 Å². The lowest BCUT2D eigenvalue weighted by Crippen LogP contribution is -2.43. The van der Waals surface area contributed by atoms with Gasteiger partial charge in [-0.3, -0.25) is 0 Å². The Morgan fingerprint density at radius 1 is 1.33 bits per heavy atom. The summed E-state index contributed by atoms with van der Waals surface area (Å²) >= 11 is 2.19. The van der Waals surface area contributed by atoms with Crippen LogP contribution in [0.2, 0.25) is 0 Å². The van der Waals surface area contributed by atoms with Gasteiger partial charge in [-0.2, -0.15) is 11.8 Å². The third kappa shape index (κ3) is 1.53. The Kier molecular flexibility index (Phi) is 2.42.